The summed E-state index contributed by atoms with van der Waals surface area (Å²) in [5.41, 5.74) is 1.93. The van der Waals surface area contributed by atoms with Crippen LogP contribution in [-0.2, 0) is 6.54 Å². The minimum Gasteiger partial charge on any atom is -0.497 e. The van der Waals surface area contributed by atoms with Crippen molar-refractivity contribution in [3.8, 4) is 11.5 Å². The quantitative estimate of drug-likeness (QED) is 0.711. The Morgan fingerprint density at radius 2 is 1.69 bits per heavy atom. The second kappa shape index (κ2) is 9.31. The van der Waals surface area contributed by atoms with Crippen molar-refractivity contribution in [1.82, 2.24) is 10.6 Å². The first-order chi connectivity index (χ1) is 12.6. The third kappa shape index (κ3) is 5.14. The highest BCUT2D eigenvalue weighted by Crippen LogP contribution is 2.23. The van der Waals surface area contributed by atoms with Crippen molar-refractivity contribution in [3.05, 3.63) is 53.6 Å². The molecule has 2 aromatic rings. The lowest BCUT2D eigenvalue weighted by atomic mass is 10.2. The van der Waals surface area contributed by atoms with Crippen molar-refractivity contribution >= 4 is 17.6 Å². The van der Waals surface area contributed by atoms with Crippen molar-refractivity contribution in [2.24, 2.45) is 0 Å². The Bertz CT molecular complexity index is 760. The Balaban J connectivity index is 1.94. The number of methoxy groups -OCH3 is 2. The average molecular weight is 357 g/mol. The molecule has 7 heteroatoms. The second-order valence-electron chi connectivity index (χ2n) is 5.42. The number of hydrogen-bond acceptors (Lipinski definition) is 4. The molecule has 26 heavy (non-hydrogen) atoms. The summed E-state index contributed by atoms with van der Waals surface area (Å²) >= 11 is 0. The fourth-order valence-corrected chi connectivity index (χ4v) is 2.34. The van der Waals surface area contributed by atoms with Gasteiger partial charge in [-0.05, 0) is 49.4 Å². The van der Waals surface area contributed by atoms with Gasteiger partial charge < -0.3 is 25.4 Å². The van der Waals surface area contributed by atoms with Crippen molar-refractivity contribution in [2.75, 3.05) is 26.1 Å². The van der Waals surface area contributed by atoms with Crippen LogP contribution in [0.15, 0.2) is 42.5 Å². The number of anilines is 1. The molecule has 0 aliphatic carbocycles. The van der Waals surface area contributed by atoms with Crippen LogP contribution in [0.1, 0.15) is 22.8 Å². The van der Waals surface area contributed by atoms with Crippen LogP contribution < -0.4 is 25.4 Å². The highest BCUT2D eigenvalue weighted by molar-refractivity contribution is 5.95. The Kier molecular flexibility index (Phi) is 6.84. The van der Waals surface area contributed by atoms with E-state index in [2.05, 4.69) is 16.0 Å². The maximum Gasteiger partial charge on any atom is 0.319 e. The van der Waals surface area contributed by atoms with Gasteiger partial charge in [-0.3, -0.25) is 4.79 Å². The van der Waals surface area contributed by atoms with Crippen LogP contribution in [0.3, 0.4) is 0 Å². The normalized spacial score (nSPS) is 9.96. The average Bonchev–Trinajstić information content (AvgIpc) is 2.66. The Morgan fingerprint density at radius 3 is 2.31 bits per heavy atom. The number of carbonyl (C=O) groups excluding carboxylic acids is 2. The van der Waals surface area contributed by atoms with Gasteiger partial charge in [-0.2, -0.15) is 0 Å². The van der Waals surface area contributed by atoms with Gasteiger partial charge in [0.2, 0.25) is 0 Å². The number of nitrogens with one attached hydrogen (secondary N) is 3. The predicted molar refractivity (Wildman–Crippen MR) is 99.9 cm³/mol. The van der Waals surface area contributed by atoms with Gasteiger partial charge in [0, 0.05) is 29.9 Å². The van der Waals surface area contributed by atoms with Crippen molar-refractivity contribution < 1.29 is 19.1 Å². The van der Waals surface area contributed by atoms with Crippen LogP contribution in [0.2, 0.25) is 0 Å². The van der Waals surface area contributed by atoms with Gasteiger partial charge in [0.1, 0.15) is 11.5 Å². The molecule has 3 N–H and O–H groups in total. The molecule has 3 amide bonds. The minimum absolute atomic E-state index is 0.145. The zero-order chi connectivity index (χ0) is 18.9. The molecule has 0 fully saturated rings. The smallest absolute Gasteiger partial charge is 0.319 e. The van der Waals surface area contributed by atoms with Crippen LogP contribution in [-0.4, -0.2) is 32.7 Å². The standard InChI is InChI=1S/C19H23N3O4/c1-4-20-18(23)13-5-7-15(8-6-13)22-19(24)21-12-14-11-16(25-2)9-10-17(14)26-3/h5-11H,4,12H2,1-3H3,(H,20,23)(H2,21,22,24). The number of benzene rings is 2. The van der Waals surface area contributed by atoms with Crippen molar-refractivity contribution in [2.45, 2.75) is 13.5 Å². The van der Waals surface area contributed by atoms with Crippen molar-refractivity contribution in [1.29, 1.82) is 0 Å². The summed E-state index contributed by atoms with van der Waals surface area (Å²) in [4.78, 5) is 23.8. The lowest BCUT2D eigenvalue weighted by Crippen LogP contribution is -2.28. The molecule has 0 heterocycles. The molecule has 0 radical (unpaired) electrons. The van der Waals surface area contributed by atoms with E-state index in [0.29, 0.717) is 29.3 Å². The fourth-order valence-electron chi connectivity index (χ4n) is 2.34. The molecule has 0 saturated heterocycles. The summed E-state index contributed by atoms with van der Waals surface area (Å²) in [5.74, 6) is 1.20. The van der Waals surface area contributed by atoms with Crippen LogP contribution in [0.25, 0.3) is 0 Å². The van der Waals surface area contributed by atoms with Crippen molar-refractivity contribution in [3.63, 3.8) is 0 Å². The van der Waals surface area contributed by atoms with E-state index in [1.807, 2.05) is 6.92 Å². The number of urea groups is 1. The van der Waals surface area contributed by atoms with E-state index in [-0.39, 0.29) is 18.5 Å². The monoisotopic (exact) mass is 357 g/mol. The highest BCUT2D eigenvalue weighted by atomic mass is 16.5. The van der Waals surface area contributed by atoms with E-state index in [1.165, 1.54) is 0 Å². The fraction of sp³-hybridized carbons (Fsp3) is 0.263. The molecular formula is C19H23N3O4. The highest BCUT2D eigenvalue weighted by Gasteiger charge is 2.08. The third-order valence-electron chi connectivity index (χ3n) is 3.67. The lowest BCUT2D eigenvalue weighted by Gasteiger charge is -2.12. The predicted octanol–water partition coefficient (Wildman–Crippen LogP) is 2.78. The second-order valence-corrected chi connectivity index (χ2v) is 5.42. The molecule has 138 valence electrons. The Morgan fingerprint density at radius 1 is 0.962 bits per heavy atom. The first kappa shape index (κ1) is 19.1. The van der Waals surface area contributed by atoms with Crippen LogP contribution in [0.4, 0.5) is 10.5 Å². The number of carbonyl (C=O) groups is 2. The molecule has 0 aromatic heterocycles. The lowest BCUT2D eigenvalue weighted by molar-refractivity contribution is 0.0956. The molecule has 0 unspecified atom stereocenters. The number of rotatable bonds is 7. The van der Waals surface area contributed by atoms with E-state index >= 15 is 0 Å². The minimum atomic E-state index is -0.361. The van der Waals surface area contributed by atoms with Crippen LogP contribution >= 0.6 is 0 Å². The molecule has 0 saturated carbocycles. The zero-order valence-corrected chi connectivity index (χ0v) is 15.1. The summed E-state index contributed by atoms with van der Waals surface area (Å²) in [6.45, 7) is 2.70. The molecule has 0 bridgehead atoms. The van der Waals surface area contributed by atoms with Crippen LogP contribution in [0.5, 0.6) is 11.5 Å². The number of ether oxygens (including phenoxy) is 2. The summed E-state index contributed by atoms with van der Waals surface area (Å²) in [5, 5.41) is 8.21. The largest absolute Gasteiger partial charge is 0.497 e. The molecule has 2 aromatic carbocycles. The summed E-state index contributed by atoms with van der Waals surface area (Å²) in [6.07, 6.45) is 0. The van der Waals surface area contributed by atoms with Gasteiger partial charge in [0.05, 0.1) is 14.2 Å². The van der Waals surface area contributed by atoms with E-state index < -0.39 is 0 Å². The first-order valence-electron chi connectivity index (χ1n) is 8.21. The van der Waals surface area contributed by atoms with Gasteiger partial charge in [-0.1, -0.05) is 0 Å². The zero-order valence-electron chi connectivity index (χ0n) is 15.1. The maximum atomic E-state index is 12.1. The Labute approximate surface area is 152 Å². The first-order valence-corrected chi connectivity index (χ1v) is 8.21. The van der Waals surface area contributed by atoms with Crippen LogP contribution in [0, 0.1) is 0 Å². The van der Waals surface area contributed by atoms with Gasteiger partial charge >= 0.3 is 6.03 Å². The molecule has 2 rings (SSSR count). The number of amides is 3. The van der Waals surface area contributed by atoms with Gasteiger partial charge in [0.25, 0.3) is 5.91 Å². The topological polar surface area (TPSA) is 88.7 Å². The van der Waals surface area contributed by atoms with Gasteiger partial charge in [0.15, 0.2) is 0 Å². The summed E-state index contributed by atoms with van der Waals surface area (Å²) in [6, 6.07) is 11.7. The molecular weight excluding hydrogens is 334 g/mol. The van der Waals surface area contributed by atoms with E-state index in [0.717, 1.165) is 5.56 Å². The van der Waals surface area contributed by atoms with E-state index in [1.54, 1.807) is 56.7 Å². The third-order valence-corrected chi connectivity index (χ3v) is 3.67. The van der Waals surface area contributed by atoms with E-state index in [9.17, 15) is 9.59 Å². The summed E-state index contributed by atoms with van der Waals surface area (Å²) in [7, 11) is 3.15. The van der Waals surface area contributed by atoms with Gasteiger partial charge in [-0.25, -0.2) is 4.79 Å². The molecule has 0 aliphatic heterocycles. The number of hydrogen-bond donors (Lipinski definition) is 3. The molecule has 0 spiro atoms. The van der Waals surface area contributed by atoms with E-state index in [4.69, 9.17) is 9.47 Å². The molecule has 0 atom stereocenters. The summed E-state index contributed by atoms with van der Waals surface area (Å²) < 4.78 is 10.5. The molecule has 0 aliphatic rings. The van der Waals surface area contributed by atoms with Gasteiger partial charge in [-0.15, -0.1) is 0 Å². The maximum absolute atomic E-state index is 12.1. The Hall–Kier alpha value is -3.22. The molecule has 7 nitrogen and oxygen atoms in total. The SMILES string of the molecule is CCNC(=O)c1ccc(NC(=O)NCc2cc(OC)ccc2OC)cc1.